The van der Waals surface area contributed by atoms with E-state index < -0.39 is 0 Å². The van der Waals surface area contributed by atoms with Crippen molar-refractivity contribution < 1.29 is 4.39 Å². The molecule has 0 spiro atoms. The molecule has 0 aliphatic heterocycles. The molecular weight excluding hydrogens is 305 g/mol. The van der Waals surface area contributed by atoms with Gasteiger partial charge in [0, 0.05) is 16.2 Å². The molecule has 0 saturated carbocycles. The number of rotatable bonds is 5. The number of hydrogen-bond acceptors (Lipinski definition) is 1. The molecule has 1 N–H and O–H groups in total. The van der Waals surface area contributed by atoms with Crippen LogP contribution in [0, 0.1) is 5.82 Å². The van der Waals surface area contributed by atoms with Gasteiger partial charge in [0.15, 0.2) is 0 Å². The number of halogens is 2. The van der Waals surface area contributed by atoms with E-state index in [9.17, 15) is 4.39 Å². The van der Waals surface area contributed by atoms with Crippen molar-refractivity contribution in [2.24, 2.45) is 0 Å². The Morgan fingerprint density at radius 2 is 1.89 bits per heavy atom. The van der Waals surface area contributed by atoms with Crippen LogP contribution in [0.25, 0.3) is 0 Å². The first-order valence-electron chi connectivity index (χ1n) is 6.44. The maximum Gasteiger partial charge on any atom is 0.124 e. The van der Waals surface area contributed by atoms with E-state index in [-0.39, 0.29) is 5.82 Å². The Kier molecular flexibility index (Phi) is 4.97. The normalized spacial score (nSPS) is 12.2. The van der Waals surface area contributed by atoms with Crippen molar-refractivity contribution in [3.63, 3.8) is 0 Å². The van der Waals surface area contributed by atoms with Crippen LogP contribution in [0.5, 0.6) is 0 Å². The third-order valence-electron chi connectivity index (χ3n) is 3.11. The highest BCUT2D eigenvalue weighted by Crippen LogP contribution is 2.24. The molecule has 3 heteroatoms. The molecule has 0 heterocycles. The van der Waals surface area contributed by atoms with E-state index in [0.29, 0.717) is 6.04 Å². The summed E-state index contributed by atoms with van der Waals surface area (Å²) in [4.78, 5) is 0. The second-order valence-corrected chi connectivity index (χ2v) is 5.42. The Balaban J connectivity index is 2.06. The number of benzene rings is 2. The molecule has 100 valence electrons. The van der Waals surface area contributed by atoms with Gasteiger partial charge in [-0.05, 0) is 52.5 Å². The second-order valence-electron chi connectivity index (χ2n) is 4.56. The zero-order chi connectivity index (χ0) is 13.7. The molecule has 0 aliphatic rings. The zero-order valence-electron chi connectivity index (χ0n) is 10.9. The summed E-state index contributed by atoms with van der Waals surface area (Å²) < 4.78 is 13.8. The highest BCUT2D eigenvalue weighted by Gasteiger charge is 2.09. The summed E-state index contributed by atoms with van der Waals surface area (Å²) in [5.74, 6) is -0.228. The van der Waals surface area contributed by atoms with Crippen LogP contribution in [0.4, 0.5) is 10.1 Å². The third-order valence-corrected chi connectivity index (χ3v) is 3.76. The van der Waals surface area contributed by atoms with Crippen molar-refractivity contribution >= 4 is 21.6 Å². The fraction of sp³-hybridized carbons (Fsp3) is 0.250. The maximum atomic E-state index is 13.1. The van der Waals surface area contributed by atoms with E-state index in [1.54, 1.807) is 6.07 Å². The summed E-state index contributed by atoms with van der Waals surface area (Å²) in [6.07, 6.45) is 1.97. The van der Waals surface area contributed by atoms with Crippen molar-refractivity contribution in [1.82, 2.24) is 0 Å². The van der Waals surface area contributed by atoms with E-state index in [2.05, 4.69) is 52.4 Å². The van der Waals surface area contributed by atoms with Crippen LogP contribution in [-0.2, 0) is 6.42 Å². The Hall–Kier alpha value is -1.35. The minimum atomic E-state index is -0.228. The quantitative estimate of drug-likeness (QED) is 0.815. The van der Waals surface area contributed by atoms with Gasteiger partial charge in [-0.25, -0.2) is 4.39 Å². The zero-order valence-corrected chi connectivity index (χ0v) is 12.5. The average molecular weight is 322 g/mol. The van der Waals surface area contributed by atoms with E-state index in [1.165, 1.54) is 17.7 Å². The summed E-state index contributed by atoms with van der Waals surface area (Å²) >= 11 is 3.39. The lowest BCUT2D eigenvalue weighted by atomic mass is 10.0. The molecule has 1 unspecified atom stereocenters. The van der Waals surface area contributed by atoms with Crippen LogP contribution in [0.1, 0.15) is 18.9 Å². The number of hydrogen-bond donors (Lipinski definition) is 1. The van der Waals surface area contributed by atoms with Gasteiger partial charge in [-0.1, -0.05) is 37.3 Å². The molecule has 0 fully saturated rings. The second kappa shape index (κ2) is 6.71. The van der Waals surface area contributed by atoms with Gasteiger partial charge in [0.05, 0.1) is 0 Å². The minimum absolute atomic E-state index is 0.228. The van der Waals surface area contributed by atoms with E-state index in [1.807, 2.05) is 6.07 Å². The van der Waals surface area contributed by atoms with Gasteiger partial charge in [0.2, 0.25) is 0 Å². The van der Waals surface area contributed by atoms with E-state index >= 15 is 0 Å². The minimum Gasteiger partial charge on any atom is -0.381 e. The maximum absolute atomic E-state index is 13.1. The molecule has 2 aromatic carbocycles. The molecule has 2 aromatic rings. The molecule has 0 radical (unpaired) electrons. The molecule has 0 aliphatic carbocycles. The van der Waals surface area contributed by atoms with Gasteiger partial charge in [-0.15, -0.1) is 0 Å². The van der Waals surface area contributed by atoms with Crippen molar-refractivity contribution in [3.8, 4) is 0 Å². The summed E-state index contributed by atoms with van der Waals surface area (Å²) in [6.45, 7) is 2.15. The lowest BCUT2D eigenvalue weighted by Crippen LogP contribution is -2.21. The standard InChI is InChI=1S/C16H17BrFN/c1-2-14(10-12-6-4-3-5-7-12)19-16-9-8-13(18)11-15(16)17/h3-9,11,14,19H,2,10H2,1H3. The molecule has 1 nitrogen and oxygen atoms in total. The molecular formula is C16H17BrFN. The number of nitrogens with one attached hydrogen (secondary N) is 1. The molecule has 0 amide bonds. The van der Waals surface area contributed by atoms with Crippen LogP contribution in [0.2, 0.25) is 0 Å². The molecule has 2 rings (SSSR count). The van der Waals surface area contributed by atoms with Gasteiger partial charge in [-0.3, -0.25) is 0 Å². The molecule has 0 aromatic heterocycles. The average Bonchev–Trinajstić information content (AvgIpc) is 2.42. The van der Waals surface area contributed by atoms with Crippen LogP contribution in [-0.4, -0.2) is 6.04 Å². The summed E-state index contributed by atoms with van der Waals surface area (Å²) in [7, 11) is 0. The fourth-order valence-electron chi connectivity index (χ4n) is 2.02. The predicted molar refractivity (Wildman–Crippen MR) is 81.9 cm³/mol. The first kappa shape index (κ1) is 14.1. The molecule has 1 atom stereocenters. The largest absolute Gasteiger partial charge is 0.381 e. The highest BCUT2D eigenvalue weighted by molar-refractivity contribution is 9.10. The Morgan fingerprint density at radius 3 is 2.53 bits per heavy atom. The van der Waals surface area contributed by atoms with Gasteiger partial charge in [0.1, 0.15) is 5.82 Å². The Bertz CT molecular complexity index is 528. The van der Waals surface area contributed by atoms with Crippen LogP contribution in [0.3, 0.4) is 0 Å². The Labute approximate surface area is 122 Å². The van der Waals surface area contributed by atoms with Crippen LogP contribution in [0.15, 0.2) is 53.0 Å². The highest BCUT2D eigenvalue weighted by atomic mass is 79.9. The van der Waals surface area contributed by atoms with Crippen molar-refractivity contribution in [1.29, 1.82) is 0 Å². The molecule has 0 saturated heterocycles. The summed E-state index contributed by atoms with van der Waals surface area (Å²) in [5.41, 5.74) is 2.24. The van der Waals surface area contributed by atoms with Crippen molar-refractivity contribution in [2.75, 3.05) is 5.32 Å². The lowest BCUT2D eigenvalue weighted by Gasteiger charge is -2.19. The topological polar surface area (TPSA) is 12.0 Å². The monoisotopic (exact) mass is 321 g/mol. The first-order valence-corrected chi connectivity index (χ1v) is 7.24. The predicted octanol–water partition coefficient (Wildman–Crippen LogP) is 5.02. The molecule has 19 heavy (non-hydrogen) atoms. The van der Waals surface area contributed by atoms with Crippen molar-refractivity contribution in [2.45, 2.75) is 25.8 Å². The Morgan fingerprint density at radius 1 is 1.16 bits per heavy atom. The SMILES string of the molecule is CCC(Cc1ccccc1)Nc1ccc(F)cc1Br. The third kappa shape index (κ3) is 4.06. The van der Waals surface area contributed by atoms with Crippen LogP contribution < -0.4 is 5.32 Å². The van der Waals surface area contributed by atoms with E-state index in [0.717, 1.165) is 23.0 Å². The van der Waals surface area contributed by atoms with E-state index in [4.69, 9.17) is 0 Å². The summed E-state index contributed by atoms with van der Waals surface area (Å²) in [6, 6.07) is 15.4. The van der Waals surface area contributed by atoms with Gasteiger partial charge in [0.25, 0.3) is 0 Å². The lowest BCUT2D eigenvalue weighted by molar-refractivity contribution is 0.626. The summed E-state index contributed by atoms with van der Waals surface area (Å²) in [5, 5.41) is 3.46. The van der Waals surface area contributed by atoms with Gasteiger partial charge >= 0.3 is 0 Å². The van der Waals surface area contributed by atoms with Gasteiger partial charge < -0.3 is 5.32 Å². The van der Waals surface area contributed by atoms with Gasteiger partial charge in [-0.2, -0.15) is 0 Å². The fourth-order valence-corrected chi connectivity index (χ4v) is 2.49. The van der Waals surface area contributed by atoms with Crippen LogP contribution >= 0.6 is 15.9 Å². The number of anilines is 1. The van der Waals surface area contributed by atoms with Crippen molar-refractivity contribution in [3.05, 3.63) is 64.4 Å². The molecule has 0 bridgehead atoms. The first-order chi connectivity index (χ1) is 9.19. The smallest absolute Gasteiger partial charge is 0.124 e.